The third kappa shape index (κ3) is 15.0. The van der Waals surface area contributed by atoms with Gasteiger partial charge in [0.25, 0.3) is 0 Å². The van der Waals surface area contributed by atoms with E-state index in [1.54, 1.807) is 6.92 Å². The monoisotopic (exact) mass is 297 g/mol. The first-order chi connectivity index (χ1) is 10.2. The number of hydrogen-bond donors (Lipinski definition) is 0. The number of aliphatic imine (C=N–C) groups is 1. The first-order valence-corrected chi connectivity index (χ1v) is 8.44. The molecule has 0 bridgehead atoms. The van der Waals surface area contributed by atoms with Gasteiger partial charge in [0, 0.05) is 6.42 Å². The summed E-state index contributed by atoms with van der Waals surface area (Å²) < 4.78 is 4.66. The highest BCUT2D eigenvalue weighted by molar-refractivity contribution is 6.25. The summed E-state index contributed by atoms with van der Waals surface area (Å²) in [6, 6.07) is 0. The van der Waals surface area contributed by atoms with Crippen molar-refractivity contribution in [3.63, 3.8) is 0 Å². The normalized spacial score (nSPS) is 11.0. The zero-order valence-electron chi connectivity index (χ0n) is 13.7. The number of esters is 1. The second-order valence-corrected chi connectivity index (χ2v) is 5.34. The van der Waals surface area contributed by atoms with Crippen LogP contribution in [0.4, 0.5) is 0 Å². The van der Waals surface area contributed by atoms with Gasteiger partial charge in [0.1, 0.15) is 6.21 Å². The lowest BCUT2D eigenvalue weighted by Gasteiger charge is -2.01. The summed E-state index contributed by atoms with van der Waals surface area (Å²) in [7, 11) is 0. The van der Waals surface area contributed by atoms with Crippen molar-refractivity contribution in [1.82, 2.24) is 0 Å². The summed E-state index contributed by atoms with van der Waals surface area (Å²) >= 11 is 0. The topological polar surface area (TPSA) is 55.7 Å². The van der Waals surface area contributed by atoms with Crippen molar-refractivity contribution in [3.05, 3.63) is 0 Å². The molecule has 0 radical (unpaired) electrons. The Morgan fingerprint density at radius 2 is 1.38 bits per heavy atom. The van der Waals surface area contributed by atoms with Crippen molar-refractivity contribution in [2.24, 2.45) is 4.99 Å². The Kier molecular flexibility index (Phi) is 14.3. The maximum Gasteiger partial charge on any atom is 0.349 e. The van der Waals surface area contributed by atoms with E-state index in [1.807, 2.05) is 0 Å². The predicted molar refractivity (Wildman–Crippen MR) is 86.6 cm³/mol. The van der Waals surface area contributed by atoms with Crippen LogP contribution in [0.1, 0.15) is 84.5 Å². The minimum atomic E-state index is -0.547. The van der Waals surface area contributed by atoms with Crippen molar-refractivity contribution in [3.8, 4) is 0 Å². The first-order valence-electron chi connectivity index (χ1n) is 8.44. The van der Waals surface area contributed by atoms with Gasteiger partial charge in [-0.15, -0.1) is 0 Å². The zero-order valence-corrected chi connectivity index (χ0v) is 13.7. The molecule has 122 valence electrons. The highest BCUT2D eigenvalue weighted by Crippen LogP contribution is 2.11. The first kappa shape index (κ1) is 19.8. The Morgan fingerprint density at radius 1 is 0.857 bits per heavy atom. The molecule has 1 amide bonds. The fourth-order valence-corrected chi connectivity index (χ4v) is 2.13. The second kappa shape index (κ2) is 15.2. The van der Waals surface area contributed by atoms with Gasteiger partial charge in [-0.3, -0.25) is 4.79 Å². The fourth-order valence-electron chi connectivity index (χ4n) is 2.13. The molecular weight excluding hydrogens is 266 g/mol. The Labute approximate surface area is 129 Å². The largest absolute Gasteiger partial charge is 0.462 e. The van der Waals surface area contributed by atoms with Gasteiger partial charge in [0.15, 0.2) is 0 Å². The summed E-state index contributed by atoms with van der Waals surface area (Å²) in [6.07, 6.45) is 13.8. The molecule has 0 rings (SSSR count). The standard InChI is InChI=1S/C17H31NO3/c1-3-5-6-7-8-9-10-11-12-13-14-16(19)18-15-17(20)21-4-2/h15H,3-14H2,1-2H3. The van der Waals surface area contributed by atoms with Crippen molar-refractivity contribution in [1.29, 1.82) is 0 Å². The fraction of sp³-hybridized carbons (Fsp3) is 0.824. The van der Waals surface area contributed by atoms with Gasteiger partial charge in [0.2, 0.25) is 5.91 Å². The molecule has 0 aliphatic rings. The van der Waals surface area contributed by atoms with Gasteiger partial charge in [0.05, 0.1) is 6.61 Å². The predicted octanol–water partition coefficient (Wildman–Crippen LogP) is 4.46. The van der Waals surface area contributed by atoms with Crippen LogP contribution in [-0.4, -0.2) is 24.7 Å². The minimum Gasteiger partial charge on any atom is -0.462 e. The van der Waals surface area contributed by atoms with E-state index in [1.165, 1.54) is 51.4 Å². The molecule has 4 heteroatoms. The number of rotatable bonds is 13. The van der Waals surface area contributed by atoms with Crippen LogP contribution < -0.4 is 0 Å². The Morgan fingerprint density at radius 3 is 1.90 bits per heavy atom. The Hall–Kier alpha value is -1.19. The Balaban J connectivity index is 3.34. The summed E-state index contributed by atoms with van der Waals surface area (Å²) in [6.45, 7) is 4.26. The van der Waals surface area contributed by atoms with E-state index < -0.39 is 5.97 Å². The van der Waals surface area contributed by atoms with E-state index in [9.17, 15) is 9.59 Å². The lowest BCUT2D eigenvalue weighted by Crippen LogP contribution is -2.06. The van der Waals surface area contributed by atoms with Crippen LogP contribution in [0.5, 0.6) is 0 Å². The van der Waals surface area contributed by atoms with E-state index in [0.717, 1.165) is 19.1 Å². The molecule has 0 atom stereocenters. The number of carbonyl (C=O) groups is 2. The van der Waals surface area contributed by atoms with Gasteiger partial charge in [-0.25, -0.2) is 9.79 Å². The molecule has 21 heavy (non-hydrogen) atoms. The van der Waals surface area contributed by atoms with Crippen molar-refractivity contribution in [2.45, 2.75) is 84.5 Å². The minimum absolute atomic E-state index is 0.234. The maximum absolute atomic E-state index is 11.4. The highest BCUT2D eigenvalue weighted by Gasteiger charge is 2.01. The molecule has 4 nitrogen and oxygen atoms in total. The van der Waals surface area contributed by atoms with E-state index in [0.29, 0.717) is 13.0 Å². The second-order valence-electron chi connectivity index (χ2n) is 5.34. The molecule has 0 spiro atoms. The number of ether oxygens (including phenoxy) is 1. The molecule has 0 aliphatic heterocycles. The van der Waals surface area contributed by atoms with Gasteiger partial charge in [-0.1, -0.05) is 64.7 Å². The molecule has 0 aromatic rings. The maximum atomic E-state index is 11.4. The van der Waals surface area contributed by atoms with Crippen LogP contribution in [0.2, 0.25) is 0 Å². The van der Waals surface area contributed by atoms with Crippen molar-refractivity contribution < 1.29 is 14.3 Å². The third-order valence-electron chi connectivity index (χ3n) is 3.34. The summed E-state index contributed by atoms with van der Waals surface area (Å²) in [5, 5.41) is 0. The smallest absolute Gasteiger partial charge is 0.349 e. The number of unbranched alkanes of at least 4 members (excludes halogenated alkanes) is 9. The quantitative estimate of drug-likeness (QED) is 0.286. The van der Waals surface area contributed by atoms with Crippen LogP contribution in [0.3, 0.4) is 0 Å². The van der Waals surface area contributed by atoms with Crippen LogP contribution in [0.15, 0.2) is 4.99 Å². The van der Waals surface area contributed by atoms with E-state index in [2.05, 4.69) is 16.7 Å². The molecule has 0 aromatic carbocycles. The number of nitrogens with zero attached hydrogens (tertiary/aromatic N) is 1. The van der Waals surface area contributed by atoms with Gasteiger partial charge < -0.3 is 4.74 Å². The molecule has 0 aliphatic carbocycles. The molecule has 0 saturated heterocycles. The van der Waals surface area contributed by atoms with Crippen LogP contribution >= 0.6 is 0 Å². The average Bonchev–Trinajstić information content (AvgIpc) is 2.47. The van der Waals surface area contributed by atoms with Gasteiger partial charge >= 0.3 is 5.97 Å². The molecule has 0 unspecified atom stereocenters. The van der Waals surface area contributed by atoms with Crippen LogP contribution in [-0.2, 0) is 14.3 Å². The molecule has 0 heterocycles. The van der Waals surface area contributed by atoms with Crippen molar-refractivity contribution >= 4 is 18.1 Å². The molecule has 0 aromatic heterocycles. The summed E-state index contributed by atoms with van der Waals surface area (Å²) in [5.74, 6) is -0.781. The number of carbonyl (C=O) groups excluding carboxylic acids is 2. The zero-order chi connectivity index (χ0) is 15.8. The summed E-state index contributed by atoms with van der Waals surface area (Å²) in [4.78, 5) is 25.9. The van der Waals surface area contributed by atoms with Gasteiger partial charge in [-0.2, -0.15) is 0 Å². The SMILES string of the molecule is CCCCCCCCCCCCC(=O)N=CC(=O)OCC. The van der Waals surface area contributed by atoms with Gasteiger partial charge in [-0.05, 0) is 13.3 Å². The van der Waals surface area contributed by atoms with Crippen molar-refractivity contribution in [2.75, 3.05) is 6.61 Å². The van der Waals surface area contributed by atoms with E-state index in [-0.39, 0.29) is 5.91 Å². The lowest BCUT2D eigenvalue weighted by molar-refractivity contribution is -0.134. The Bertz CT molecular complexity index is 300. The van der Waals surface area contributed by atoms with Crippen LogP contribution in [0.25, 0.3) is 0 Å². The lowest BCUT2D eigenvalue weighted by atomic mass is 10.1. The van der Waals surface area contributed by atoms with E-state index in [4.69, 9.17) is 0 Å². The van der Waals surface area contributed by atoms with E-state index >= 15 is 0 Å². The van der Waals surface area contributed by atoms with Crippen LogP contribution in [0, 0.1) is 0 Å². The number of hydrogen-bond acceptors (Lipinski definition) is 3. The molecule has 0 N–H and O–H groups in total. The summed E-state index contributed by atoms with van der Waals surface area (Å²) in [5.41, 5.74) is 0. The average molecular weight is 297 g/mol. The molecular formula is C17H31NO3. The third-order valence-corrected chi connectivity index (χ3v) is 3.34. The molecule has 0 fully saturated rings. The highest BCUT2D eigenvalue weighted by atomic mass is 16.5. The number of amides is 1. The molecule has 0 saturated carbocycles.